The highest BCUT2D eigenvalue weighted by Gasteiger charge is 2.63. The second-order valence-corrected chi connectivity index (χ2v) is 7.01. The Hall–Kier alpha value is -3.47. The first-order valence-corrected chi connectivity index (χ1v) is 9.09. The highest BCUT2D eigenvalue weighted by Crippen LogP contribution is 2.56. The maximum atomic E-state index is 14.8. The van der Waals surface area contributed by atoms with E-state index in [1.54, 1.807) is 42.5 Å². The lowest BCUT2D eigenvalue weighted by Gasteiger charge is -2.46. The molecule has 138 valence electrons. The van der Waals surface area contributed by atoms with Crippen molar-refractivity contribution >= 4 is 17.4 Å². The molecule has 5 heteroatoms. The van der Waals surface area contributed by atoms with E-state index < -0.39 is 23.2 Å². The molecule has 3 aromatic carbocycles. The second kappa shape index (κ2) is 6.02. The van der Waals surface area contributed by atoms with Gasteiger partial charge in [-0.25, -0.2) is 9.18 Å². The minimum absolute atomic E-state index is 0.0912. The number of para-hydroxylation sites is 1. The lowest BCUT2D eigenvalue weighted by Crippen LogP contribution is -2.56. The van der Waals surface area contributed by atoms with Gasteiger partial charge in [-0.05, 0) is 29.3 Å². The number of benzene rings is 3. The predicted molar refractivity (Wildman–Crippen MR) is 101 cm³/mol. The van der Waals surface area contributed by atoms with Crippen LogP contribution in [0.5, 0.6) is 0 Å². The molecule has 0 spiro atoms. The average molecular weight is 373 g/mol. The summed E-state index contributed by atoms with van der Waals surface area (Å²) in [7, 11) is 0. The van der Waals surface area contributed by atoms with E-state index in [-0.39, 0.29) is 12.2 Å². The number of Topliss-reactive ketones (excluding diaryl/α,β-unsaturated/α-hetero) is 1. The molecule has 2 aliphatic heterocycles. The molecule has 0 bridgehead atoms. The van der Waals surface area contributed by atoms with Crippen molar-refractivity contribution in [3.05, 3.63) is 101 Å². The third-order valence-electron chi connectivity index (χ3n) is 5.60. The molecule has 5 rings (SSSR count). The minimum atomic E-state index is -1.35. The first-order chi connectivity index (χ1) is 13.6. The third-order valence-corrected chi connectivity index (χ3v) is 5.60. The molecule has 0 aromatic heterocycles. The van der Waals surface area contributed by atoms with E-state index in [2.05, 4.69) is 0 Å². The number of halogens is 1. The minimum Gasteiger partial charge on any atom is -0.339 e. The summed E-state index contributed by atoms with van der Waals surface area (Å²) in [6, 6.07) is 22.5. The Morgan fingerprint density at radius 3 is 2.36 bits per heavy atom. The molecule has 2 atom stereocenters. The summed E-state index contributed by atoms with van der Waals surface area (Å²) in [5, 5.41) is 1.39. The van der Waals surface area contributed by atoms with Gasteiger partial charge in [-0.15, -0.1) is 0 Å². The fourth-order valence-corrected chi connectivity index (χ4v) is 4.44. The smallest absolute Gasteiger partial charge is 0.333 e. The predicted octanol–water partition coefficient (Wildman–Crippen LogP) is 4.37. The van der Waals surface area contributed by atoms with Crippen LogP contribution in [0.15, 0.2) is 78.9 Å². The Labute approximate surface area is 161 Å². The van der Waals surface area contributed by atoms with Crippen LogP contribution < -0.4 is 5.06 Å². The number of anilines is 1. The van der Waals surface area contributed by atoms with Crippen molar-refractivity contribution in [2.45, 2.75) is 17.9 Å². The van der Waals surface area contributed by atoms with Gasteiger partial charge in [-0.3, -0.25) is 4.79 Å². The number of hydrogen-bond acceptors (Lipinski definition) is 4. The van der Waals surface area contributed by atoms with Crippen molar-refractivity contribution < 1.29 is 18.8 Å². The van der Waals surface area contributed by atoms with Crippen LogP contribution in [0.25, 0.3) is 0 Å². The number of hydrogen-bond donors (Lipinski definition) is 0. The number of carbonyl (C=O) groups excluding carboxylic acids is 2. The van der Waals surface area contributed by atoms with Gasteiger partial charge in [0.15, 0.2) is 11.3 Å². The van der Waals surface area contributed by atoms with E-state index in [4.69, 9.17) is 4.84 Å². The Morgan fingerprint density at radius 2 is 1.57 bits per heavy atom. The Bertz CT molecular complexity index is 1100. The Morgan fingerprint density at radius 1 is 0.893 bits per heavy atom. The zero-order chi connectivity index (χ0) is 19.3. The summed E-state index contributed by atoms with van der Waals surface area (Å²) in [6.07, 6.45) is -0.0912. The molecule has 0 unspecified atom stereocenters. The van der Waals surface area contributed by atoms with Crippen LogP contribution in [-0.4, -0.2) is 11.8 Å². The second-order valence-electron chi connectivity index (χ2n) is 7.01. The van der Waals surface area contributed by atoms with E-state index in [9.17, 15) is 14.0 Å². The van der Waals surface area contributed by atoms with Crippen LogP contribution in [0.4, 0.5) is 10.1 Å². The van der Waals surface area contributed by atoms with Crippen LogP contribution in [0.1, 0.15) is 33.8 Å². The van der Waals surface area contributed by atoms with Crippen molar-refractivity contribution in [2.75, 3.05) is 5.06 Å². The first kappa shape index (κ1) is 16.7. The molecule has 4 nitrogen and oxygen atoms in total. The fourth-order valence-electron chi connectivity index (χ4n) is 4.44. The topological polar surface area (TPSA) is 46.6 Å². The molecule has 2 aliphatic rings. The highest BCUT2D eigenvalue weighted by atomic mass is 19.1. The molecule has 3 aromatic rings. The molecule has 0 radical (unpaired) electrons. The van der Waals surface area contributed by atoms with E-state index in [1.807, 2.05) is 30.3 Å². The standard InChI is InChI=1S/C23H16FNO3/c24-19-12-6-4-10-16(19)18-14-21(26)28-25-20-13-7-5-11-17(20)22(27)23(18,25)15-8-2-1-3-9-15/h1-13,18H,14H2/t18-,23+/m0/s1. The Balaban J connectivity index is 1.84. The van der Waals surface area contributed by atoms with Crippen molar-refractivity contribution in [3.63, 3.8) is 0 Å². The monoisotopic (exact) mass is 373 g/mol. The number of carbonyl (C=O) groups is 2. The van der Waals surface area contributed by atoms with Crippen LogP contribution in [0, 0.1) is 5.82 Å². The normalized spacial score (nSPS) is 23.2. The van der Waals surface area contributed by atoms with Gasteiger partial charge in [0.1, 0.15) is 5.82 Å². The molecule has 28 heavy (non-hydrogen) atoms. The van der Waals surface area contributed by atoms with Gasteiger partial charge in [0.05, 0.1) is 12.1 Å². The summed E-state index contributed by atoms with van der Waals surface area (Å²) in [5.74, 6) is -1.86. The summed E-state index contributed by atoms with van der Waals surface area (Å²) < 4.78 is 14.8. The van der Waals surface area contributed by atoms with Crippen molar-refractivity contribution in [2.24, 2.45) is 0 Å². The van der Waals surface area contributed by atoms with Crippen molar-refractivity contribution in [3.8, 4) is 0 Å². The third kappa shape index (κ3) is 2.10. The van der Waals surface area contributed by atoms with Crippen molar-refractivity contribution in [1.29, 1.82) is 0 Å². The summed E-state index contributed by atoms with van der Waals surface area (Å²) in [5.41, 5.74) is 0.625. The van der Waals surface area contributed by atoms with Crippen LogP contribution >= 0.6 is 0 Å². The van der Waals surface area contributed by atoms with Gasteiger partial charge < -0.3 is 4.84 Å². The first-order valence-electron chi connectivity index (χ1n) is 9.09. The highest BCUT2D eigenvalue weighted by molar-refractivity contribution is 6.15. The van der Waals surface area contributed by atoms with Gasteiger partial charge in [0.2, 0.25) is 0 Å². The number of fused-ring (bicyclic) bond motifs is 3. The molecule has 1 saturated heterocycles. The van der Waals surface area contributed by atoms with E-state index in [1.165, 1.54) is 11.1 Å². The largest absolute Gasteiger partial charge is 0.339 e. The number of hydroxylamine groups is 1. The Kier molecular flexibility index (Phi) is 3.59. The molecule has 0 aliphatic carbocycles. The van der Waals surface area contributed by atoms with E-state index in [0.29, 0.717) is 22.4 Å². The van der Waals surface area contributed by atoms with Gasteiger partial charge in [0, 0.05) is 11.5 Å². The van der Waals surface area contributed by atoms with Gasteiger partial charge in [0.25, 0.3) is 0 Å². The summed E-state index contributed by atoms with van der Waals surface area (Å²) in [4.78, 5) is 31.9. The quantitative estimate of drug-likeness (QED) is 0.669. The SMILES string of the molecule is O=C1C[C@@H](c2ccccc2F)[C@]2(c3ccccc3)C(=O)c3ccccc3N2O1. The summed E-state index contributed by atoms with van der Waals surface area (Å²) in [6.45, 7) is 0. The molecule has 2 heterocycles. The number of rotatable bonds is 2. The fraction of sp³-hybridized carbons (Fsp3) is 0.130. The maximum Gasteiger partial charge on any atom is 0.333 e. The van der Waals surface area contributed by atoms with E-state index in [0.717, 1.165) is 0 Å². The number of ketones is 1. The molecular weight excluding hydrogens is 357 g/mol. The van der Waals surface area contributed by atoms with Gasteiger partial charge in [-0.1, -0.05) is 60.7 Å². The maximum absolute atomic E-state index is 14.8. The molecule has 0 amide bonds. The lowest BCUT2D eigenvalue weighted by atomic mass is 9.69. The van der Waals surface area contributed by atoms with Crippen LogP contribution in [0.2, 0.25) is 0 Å². The van der Waals surface area contributed by atoms with Gasteiger partial charge in [-0.2, -0.15) is 5.06 Å². The van der Waals surface area contributed by atoms with Crippen LogP contribution in [0.3, 0.4) is 0 Å². The van der Waals surface area contributed by atoms with Crippen LogP contribution in [-0.2, 0) is 15.2 Å². The van der Waals surface area contributed by atoms with Gasteiger partial charge >= 0.3 is 5.97 Å². The lowest BCUT2D eigenvalue weighted by molar-refractivity contribution is -0.153. The zero-order valence-electron chi connectivity index (χ0n) is 14.8. The summed E-state index contributed by atoms with van der Waals surface area (Å²) >= 11 is 0. The molecular formula is C23H16FNO3. The molecule has 0 saturated carbocycles. The zero-order valence-corrected chi connectivity index (χ0v) is 14.8. The van der Waals surface area contributed by atoms with E-state index >= 15 is 0 Å². The molecule has 0 N–H and O–H groups in total. The molecule has 1 fully saturated rings. The number of nitrogens with zero attached hydrogens (tertiary/aromatic N) is 1. The average Bonchev–Trinajstić information content (AvgIpc) is 2.98. The van der Waals surface area contributed by atoms with Crippen molar-refractivity contribution in [1.82, 2.24) is 0 Å².